The summed E-state index contributed by atoms with van der Waals surface area (Å²) in [6.45, 7) is 8.66. The van der Waals surface area contributed by atoms with Crippen molar-refractivity contribution >= 4 is 0 Å². The molecule has 94 valence electrons. The minimum atomic E-state index is 0.865. The first kappa shape index (κ1) is 12.4. The molecule has 0 unspecified atom stereocenters. The molecule has 2 fully saturated rings. The molecule has 0 amide bonds. The van der Waals surface area contributed by atoms with Crippen molar-refractivity contribution in [3.63, 3.8) is 0 Å². The Morgan fingerprint density at radius 3 is 2.25 bits per heavy atom. The Kier molecular flexibility index (Phi) is 4.26. The molecule has 2 aliphatic heterocycles. The third-order valence-corrected chi connectivity index (χ3v) is 4.43. The molecular weight excluding hydrogens is 196 g/mol. The van der Waals surface area contributed by atoms with Crippen LogP contribution in [-0.4, -0.2) is 48.6 Å². The Hall–Kier alpha value is -0.0800. The number of likely N-dealkylation sites (tertiary alicyclic amines) is 1. The molecule has 0 aliphatic carbocycles. The zero-order valence-electron chi connectivity index (χ0n) is 11.3. The van der Waals surface area contributed by atoms with Gasteiger partial charge in [-0.1, -0.05) is 26.7 Å². The number of rotatable bonds is 5. The molecule has 0 radical (unpaired) electrons. The van der Waals surface area contributed by atoms with Gasteiger partial charge in [0.2, 0.25) is 0 Å². The molecule has 2 atom stereocenters. The van der Waals surface area contributed by atoms with Crippen LogP contribution in [0.1, 0.15) is 46.0 Å². The summed E-state index contributed by atoms with van der Waals surface area (Å²) in [6, 6.07) is 1.73. The molecule has 0 spiro atoms. The van der Waals surface area contributed by atoms with Crippen LogP contribution < -0.4 is 0 Å². The average molecular weight is 224 g/mol. The zero-order valence-corrected chi connectivity index (χ0v) is 11.3. The molecule has 2 aliphatic rings. The molecule has 2 rings (SSSR count). The van der Waals surface area contributed by atoms with Crippen LogP contribution in [0.2, 0.25) is 0 Å². The van der Waals surface area contributed by atoms with E-state index >= 15 is 0 Å². The number of piperazine rings is 1. The fraction of sp³-hybridized carbons (Fsp3) is 1.00. The van der Waals surface area contributed by atoms with E-state index in [1.54, 1.807) is 0 Å². The van der Waals surface area contributed by atoms with E-state index in [0.29, 0.717) is 0 Å². The van der Waals surface area contributed by atoms with Gasteiger partial charge in [0.1, 0.15) is 0 Å². The van der Waals surface area contributed by atoms with Crippen LogP contribution in [0, 0.1) is 5.92 Å². The van der Waals surface area contributed by atoms with Crippen LogP contribution in [0.5, 0.6) is 0 Å². The van der Waals surface area contributed by atoms with Gasteiger partial charge in [0.25, 0.3) is 0 Å². The van der Waals surface area contributed by atoms with Crippen molar-refractivity contribution in [2.75, 3.05) is 26.7 Å². The van der Waals surface area contributed by atoms with Crippen molar-refractivity contribution in [1.82, 2.24) is 9.80 Å². The van der Waals surface area contributed by atoms with Crippen LogP contribution >= 0.6 is 0 Å². The van der Waals surface area contributed by atoms with E-state index in [9.17, 15) is 0 Å². The molecule has 2 saturated heterocycles. The van der Waals surface area contributed by atoms with Gasteiger partial charge in [0.15, 0.2) is 0 Å². The fourth-order valence-electron chi connectivity index (χ4n) is 3.27. The van der Waals surface area contributed by atoms with Crippen molar-refractivity contribution in [2.24, 2.45) is 5.92 Å². The Morgan fingerprint density at radius 2 is 1.69 bits per heavy atom. The van der Waals surface area contributed by atoms with E-state index in [-0.39, 0.29) is 0 Å². The van der Waals surface area contributed by atoms with E-state index in [2.05, 4.69) is 30.7 Å². The average Bonchev–Trinajstić information content (AvgIpc) is 2.50. The quantitative estimate of drug-likeness (QED) is 0.662. The van der Waals surface area contributed by atoms with Gasteiger partial charge >= 0.3 is 0 Å². The van der Waals surface area contributed by atoms with E-state index in [1.807, 2.05) is 0 Å². The summed E-state index contributed by atoms with van der Waals surface area (Å²) in [5.74, 6) is 0.878. The molecule has 2 heteroatoms. The SMILES string of the molecule is CC(C)CCCCN1C[C@H]2CC[C@@H](C1)N2C. The summed E-state index contributed by atoms with van der Waals surface area (Å²) in [7, 11) is 2.32. The summed E-state index contributed by atoms with van der Waals surface area (Å²) in [4.78, 5) is 5.33. The monoisotopic (exact) mass is 224 g/mol. The van der Waals surface area contributed by atoms with Crippen molar-refractivity contribution in [1.29, 1.82) is 0 Å². The predicted molar refractivity (Wildman–Crippen MR) is 69.7 cm³/mol. The first-order valence-electron chi connectivity index (χ1n) is 7.11. The number of fused-ring (bicyclic) bond motifs is 2. The van der Waals surface area contributed by atoms with E-state index in [0.717, 1.165) is 18.0 Å². The lowest BCUT2D eigenvalue weighted by molar-refractivity contribution is 0.0872. The van der Waals surface area contributed by atoms with Crippen molar-refractivity contribution < 1.29 is 0 Å². The maximum absolute atomic E-state index is 2.71. The second-order valence-corrected chi connectivity index (χ2v) is 6.20. The summed E-state index contributed by atoms with van der Waals surface area (Å²) >= 11 is 0. The number of likely N-dealkylation sites (N-methyl/N-ethyl adjacent to an activating group) is 1. The van der Waals surface area contributed by atoms with Gasteiger partial charge in [-0.15, -0.1) is 0 Å². The highest BCUT2D eigenvalue weighted by Crippen LogP contribution is 2.28. The molecular formula is C14H28N2. The molecule has 2 bridgehead atoms. The highest BCUT2D eigenvalue weighted by atomic mass is 15.3. The molecule has 0 aromatic carbocycles. The van der Waals surface area contributed by atoms with E-state index in [1.165, 1.54) is 51.7 Å². The summed E-state index contributed by atoms with van der Waals surface area (Å²) in [5.41, 5.74) is 0. The highest BCUT2D eigenvalue weighted by Gasteiger charge is 2.36. The van der Waals surface area contributed by atoms with E-state index in [4.69, 9.17) is 0 Å². The Balaban J connectivity index is 1.65. The van der Waals surface area contributed by atoms with Crippen LogP contribution in [0.25, 0.3) is 0 Å². The minimum Gasteiger partial charge on any atom is -0.300 e. The standard InChI is InChI=1S/C14H28N2/c1-12(2)6-4-5-9-16-10-13-7-8-14(11-16)15(13)3/h12-14H,4-11H2,1-3H3/t13-,14+. The summed E-state index contributed by atoms with van der Waals surface area (Å²) in [6.07, 6.45) is 7.09. The lowest BCUT2D eigenvalue weighted by Gasteiger charge is -2.38. The second-order valence-electron chi connectivity index (χ2n) is 6.20. The summed E-state index contributed by atoms with van der Waals surface area (Å²) < 4.78 is 0. The van der Waals surface area contributed by atoms with Crippen LogP contribution in [0.4, 0.5) is 0 Å². The van der Waals surface area contributed by atoms with Gasteiger partial charge in [-0.25, -0.2) is 0 Å². The van der Waals surface area contributed by atoms with E-state index < -0.39 is 0 Å². The van der Waals surface area contributed by atoms with Crippen molar-refractivity contribution in [3.8, 4) is 0 Å². The maximum Gasteiger partial charge on any atom is 0.0224 e. The Labute approximate surface area is 101 Å². The van der Waals surface area contributed by atoms with Gasteiger partial charge in [-0.05, 0) is 38.8 Å². The van der Waals surface area contributed by atoms with Gasteiger partial charge < -0.3 is 4.90 Å². The first-order valence-corrected chi connectivity index (χ1v) is 7.11. The molecule has 0 aromatic rings. The van der Waals surface area contributed by atoms with Gasteiger partial charge in [0, 0.05) is 25.2 Å². The lowest BCUT2D eigenvalue weighted by atomic mass is 10.1. The molecule has 0 aromatic heterocycles. The normalized spacial score (nSPS) is 31.5. The van der Waals surface area contributed by atoms with Crippen LogP contribution in [0.15, 0.2) is 0 Å². The van der Waals surface area contributed by atoms with Crippen molar-refractivity contribution in [2.45, 2.75) is 58.0 Å². The summed E-state index contributed by atoms with van der Waals surface area (Å²) in [5, 5.41) is 0. The third-order valence-electron chi connectivity index (χ3n) is 4.43. The highest BCUT2D eigenvalue weighted by molar-refractivity contribution is 4.93. The lowest BCUT2D eigenvalue weighted by Crippen LogP contribution is -2.51. The first-order chi connectivity index (χ1) is 7.66. The molecule has 0 N–H and O–H groups in total. The maximum atomic E-state index is 2.71. The molecule has 0 saturated carbocycles. The predicted octanol–water partition coefficient (Wildman–Crippen LogP) is 2.59. The van der Waals surface area contributed by atoms with Crippen molar-refractivity contribution in [3.05, 3.63) is 0 Å². The smallest absolute Gasteiger partial charge is 0.0224 e. The van der Waals surface area contributed by atoms with Gasteiger partial charge in [-0.3, -0.25) is 4.90 Å². The molecule has 16 heavy (non-hydrogen) atoms. The third kappa shape index (κ3) is 2.98. The molecule has 2 nitrogen and oxygen atoms in total. The van der Waals surface area contributed by atoms with Crippen LogP contribution in [0.3, 0.4) is 0 Å². The number of hydrogen-bond acceptors (Lipinski definition) is 2. The zero-order chi connectivity index (χ0) is 11.5. The number of unbranched alkanes of at least 4 members (excludes halogenated alkanes) is 1. The van der Waals surface area contributed by atoms with Gasteiger partial charge in [0.05, 0.1) is 0 Å². The Bertz CT molecular complexity index is 201. The van der Waals surface area contributed by atoms with Gasteiger partial charge in [-0.2, -0.15) is 0 Å². The Morgan fingerprint density at radius 1 is 1.06 bits per heavy atom. The minimum absolute atomic E-state index is 0.865. The largest absolute Gasteiger partial charge is 0.300 e. The number of nitrogens with zero attached hydrogens (tertiary/aromatic N) is 2. The fourth-order valence-corrected chi connectivity index (χ4v) is 3.27. The second kappa shape index (κ2) is 5.50. The van der Waals surface area contributed by atoms with Crippen LogP contribution in [-0.2, 0) is 0 Å². The topological polar surface area (TPSA) is 6.48 Å². The molecule has 2 heterocycles. The number of hydrogen-bond donors (Lipinski definition) is 0.